The molecule has 0 radical (unpaired) electrons. The quantitative estimate of drug-likeness (QED) is 0.871. The lowest BCUT2D eigenvalue weighted by Crippen LogP contribution is -2.12. The number of hydrogen-bond donors (Lipinski definition) is 1. The highest BCUT2D eigenvalue weighted by Gasteiger charge is 2.17. The second kappa shape index (κ2) is 6.03. The maximum absolute atomic E-state index is 5.90. The summed E-state index contributed by atoms with van der Waals surface area (Å²) >= 11 is 0. The first-order valence-electron chi connectivity index (χ1n) is 6.92. The molecule has 1 N–H and O–H groups in total. The summed E-state index contributed by atoms with van der Waals surface area (Å²) in [6, 6.07) is 0. The maximum atomic E-state index is 5.90. The average molecular weight is 249 g/mol. The summed E-state index contributed by atoms with van der Waals surface area (Å²) in [5.41, 5.74) is 1.01. The van der Waals surface area contributed by atoms with E-state index in [1.807, 2.05) is 13.8 Å². The zero-order valence-corrected chi connectivity index (χ0v) is 11.6. The van der Waals surface area contributed by atoms with Gasteiger partial charge in [0.25, 0.3) is 0 Å². The molecule has 2 rings (SSSR count). The van der Waals surface area contributed by atoms with Gasteiger partial charge >= 0.3 is 0 Å². The number of aromatic nitrogens is 2. The van der Waals surface area contributed by atoms with Gasteiger partial charge < -0.3 is 10.1 Å². The van der Waals surface area contributed by atoms with E-state index >= 15 is 0 Å². The van der Waals surface area contributed by atoms with Gasteiger partial charge in [-0.15, -0.1) is 0 Å². The summed E-state index contributed by atoms with van der Waals surface area (Å²) in [5.74, 6) is 3.11. The van der Waals surface area contributed by atoms with Crippen molar-refractivity contribution in [3.8, 4) is 5.88 Å². The van der Waals surface area contributed by atoms with Crippen LogP contribution in [0.3, 0.4) is 0 Å². The van der Waals surface area contributed by atoms with Crippen molar-refractivity contribution in [2.24, 2.45) is 5.92 Å². The first-order valence-corrected chi connectivity index (χ1v) is 6.92. The lowest BCUT2D eigenvalue weighted by Gasteiger charge is -2.15. The molecule has 4 heteroatoms. The molecule has 0 saturated heterocycles. The molecule has 100 valence electrons. The number of aryl methyl sites for hydroxylation is 1. The van der Waals surface area contributed by atoms with Gasteiger partial charge in [-0.1, -0.05) is 12.8 Å². The van der Waals surface area contributed by atoms with E-state index in [-0.39, 0.29) is 0 Å². The molecule has 0 spiro atoms. The molecule has 1 aromatic heterocycles. The molecule has 0 aliphatic heterocycles. The molecule has 1 saturated carbocycles. The predicted molar refractivity (Wildman–Crippen MR) is 73.1 cm³/mol. The van der Waals surface area contributed by atoms with E-state index in [2.05, 4.69) is 22.2 Å². The van der Waals surface area contributed by atoms with E-state index in [4.69, 9.17) is 4.74 Å². The SMILES string of the molecule is CCNc1nc(C)nc(OCC2CCCC2)c1C. The minimum Gasteiger partial charge on any atom is -0.477 e. The molecule has 1 heterocycles. The Bertz CT molecular complexity index is 400. The Hall–Kier alpha value is -1.32. The smallest absolute Gasteiger partial charge is 0.221 e. The highest BCUT2D eigenvalue weighted by Crippen LogP contribution is 2.27. The molecule has 18 heavy (non-hydrogen) atoms. The third kappa shape index (κ3) is 3.12. The van der Waals surface area contributed by atoms with Crippen molar-refractivity contribution in [1.29, 1.82) is 0 Å². The van der Waals surface area contributed by atoms with E-state index in [0.717, 1.165) is 36.2 Å². The minimum atomic E-state index is 0.710. The number of nitrogens with zero attached hydrogens (tertiary/aromatic N) is 2. The first-order chi connectivity index (χ1) is 8.70. The van der Waals surface area contributed by atoms with Gasteiger partial charge in [-0.25, -0.2) is 4.98 Å². The topological polar surface area (TPSA) is 47.0 Å². The minimum absolute atomic E-state index is 0.710. The third-order valence-corrected chi connectivity index (χ3v) is 3.49. The van der Waals surface area contributed by atoms with Gasteiger partial charge in [0.15, 0.2) is 0 Å². The zero-order chi connectivity index (χ0) is 13.0. The van der Waals surface area contributed by atoms with Crippen LogP contribution in [0.1, 0.15) is 44.0 Å². The van der Waals surface area contributed by atoms with E-state index in [9.17, 15) is 0 Å². The lowest BCUT2D eigenvalue weighted by molar-refractivity contribution is 0.241. The predicted octanol–water partition coefficient (Wildman–Crippen LogP) is 3.09. The molecule has 4 nitrogen and oxygen atoms in total. The maximum Gasteiger partial charge on any atom is 0.221 e. The molecule has 1 aliphatic rings. The number of nitrogens with one attached hydrogen (secondary N) is 1. The Kier molecular flexibility index (Phi) is 4.39. The van der Waals surface area contributed by atoms with Crippen LogP contribution >= 0.6 is 0 Å². The second-order valence-corrected chi connectivity index (χ2v) is 5.04. The number of rotatable bonds is 5. The second-order valence-electron chi connectivity index (χ2n) is 5.04. The average Bonchev–Trinajstić information content (AvgIpc) is 2.85. The summed E-state index contributed by atoms with van der Waals surface area (Å²) in [6.07, 6.45) is 5.28. The van der Waals surface area contributed by atoms with E-state index in [1.54, 1.807) is 0 Å². The first kappa shape index (κ1) is 13.1. The van der Waals surface area contributed by atoms with Gasteiger partial charge in [-0.05, 0) is 39.5 Å². The van der Waals surface area contributed by atoms with Crippen LogP contribution in [-0.2, 0) is 0 Å². The molecule has 1 aliphatic carbocycles. The molecule has 1 fully saturated rings. The normalized spacial score (nSPS) is 15.9. The molecule has 0 amide bonds. The van der Waals surface area contributed by atoms with Crippen molar-refractivity contribution in [3.05, 3.63) is 11.4 Å². The van der Waals surface area contributed by atoms with Crippen molar-refractivity contribution in [2.45, 2.75) is 46.5 Å². The molecule has 1 aromatic rings. The lowest BCUT2D eigenvalue weighted by atomic mass is 10.1. The Morgan fingerprint density at radius 2 is 1.94 bits per heavy atom. The fourth-order valence-corrected chi connectivity index (χ4v) is 2.46. The van der Waals surface area contributed by atoms with Crippen molar-refractivity contribution in [3.63, 3.8) is 0 Å². The third-order valence-electron chi connectivity index (χ3n) is 3.49. The molecular weight excluding hydrogens is 226 g/mol. The number of ether oxygens (including phenoxy) is 1. The summed E-state index contributed by atoms with van der Waals surface area (Å²) in [5, 5.41) is 3.25. The molecule has 0 unspecified atom stereocenters. The molecule has 0 atom stereocenters. The van der Waals surface area contributed by atoms with Crippen molar-refractivity contribution >= 4 is 5.82 Å². The Labute approximate surface area is 109 Å². The fourth-order valence-electron chi connectivity index (χ4n) is 2.46. The van der Waals surface area contributed by atoms with Crippen LogP contribution < -0.4 is 10.1 Å². The Balaban J connectivity index is 2.06. The summed E-state index contributed by atoms with van der Waals surface area (Å²) < 4.78 is 5.90. The summed E-state index contributed by atoms with van der Waals surface area (Å²) in [4.78, 5) is 8.80. The van der Waals surface area contributed by atoms with Gasteiger partial charge in [0.2, 0.25) is 5.88 Å². The molecule has 0 bridgehead atoms. The van der Waals surface area contributed by atoms with Gasteiger partial charge in [0.1, 0.15) is 11.6 Å². The largest absolute Gasteiger partial charge is 0.477 e. The summed E-state index contributed by atoms with van der Waals surface area (Å²) in [7, 11) is 0. The van der Waals surface area contributed by atoms with Crippen LogP contribution in [0.15, 0.2) is 0 Å². The summed E-state index contributed by atoms with van der Waals surface area (Å²) in [6.45, 7) is 7.64. The van der Waals surface area contributed by atoms with Crippen LogP contribution in [0.5, 0.6) is 5.88 Å². The van der Waals surface area contributed by atoms with Crippen molar-refractivity contribution < 1.29 is 4.74 Å². The van der Waals surface area contributed by atoms with Crippen molar-refractivity contribution in [1.82, 2.24) is 9.97 Å². The van der Waals surface area contributed by atoms with Crippen LogP contribution in [0, 0.1) is 19.8 Å². The number of hydrogen-bond acceptors (Lipinski definition) is 4. The van der Waals surface area contributed by atoms with Gasteiger partial charge in [-0.2, -0.15) is 4.98 Å². The highest BCUT2D eigenvalue weighted by molar-refractivity contribution is 5.48. The fraction of sp³-hybridized carbons (Fsp3) is 0.714. The van der Waals surface area contributed by atoms with Crippen LogP contribution in [0.2, 0.25) is 0 Å². The van der Waals surface area contributed by atoms with Crippen molar-refractivity contribution in [2.75, 3.05) is 18.5 Å². The Morgan fingerprint density at radius 3 is 2.61 bits per heavy atom. The molecular formula is C14H23N3O. The van der Waals surface area contributed by atoms with Gasteiger partial charge in [0.05, 0.1) is 12.2 Å². The van der Waals surface area contributed by atoms with E-state index in [1.165, 1.54) is 25.7 Å². The van der Waals surface area contributed by atoms with E-state index in [0.29, 0.717) is 5.92 Å². The number of anilines is 1. The monoisotopic (exact) mass is 249 g/mol. The molecule has 0 aromatic carbocycles. The van der Waals surface area contributed by atoms with E-state index < -0.39 is 0 Å². The Morgan fingerprint density at radius 1 is 1.22 bits per heavy atom. The van der Waals surface area contributed by atoms with Gasteiger partial charge in [-0.3, -0.25) is 0 Å². The van der Waals surface area contributed by atoms with Crippen LogP contribution in [-0.4, -0.2) is 23.1 Å². The van der Waals surface area contributed by atoms with Gasteiger partial charge in [0, 0.05) is 6.54 Å². The van der Waals surface area contributed by atoms with Crippen LogP contribution in [0.25, 0.3) is 0 Å². The van der Waals surface area contributed by atoms with Crippen LogP contribution in [0.4, 0.5) is 5.82 Å². The highest BCUT2D eigenvalue weighted by atomic mass is 16.5. The standard InChI is InChI=1S/C14H23N3O/c1-4-15-13-10(2)14(17-11(3)16-13)18-9-12-7-5-6-8-12/h12H,4-9H2,1-3H3,(H,15,16,17). The zero-order valence-electron chi connectivity index (χ0n) is 11.6.